The van der Waals surface area contributed by atoms with Gasteiger partial charge in [-0.2, -0.15) is 4.98 Å². The second kappa shape index (κ2) is 5.40. The number of rotatable bonds is 5. The van der Waals surface area contributed by atoms with E-state index in [0.717, 1.165) is 11.2 Å². The summed E-state index contributed by atoms with van der Waals surface area (Å²) in [6.07, 6.45) is 2.38. The van der Waals surface area contributed by atoms with E-state index in [0.29, 0.717) is 17.3 Å². The summed E-state index contributed by atoms with van der Waals surface area (Å²) >= 11 is 1.43. The Labute approximate surface area is 109 Å². The monoisotopic (exact) mass is 285 g/mol. The minimum atomic E-state index is -3.28. The van der Waals surface area contributed by atoms with Gasteiger partial charge in [-0.25, -0.2) is 8.42 Å². The number of benzene rings is 1. The fourth-order valence-corrected chi connectivity index (χ4v) is 2.78. The van der Waals surface area contributed by atoms with Crippen molar-refractivity contribution in [3.05, 3.63) is 36.5 Å². The van der Waals surface area contributed by atoms with Crippen molar-refractivity contribution in [2.75, 3.05) is 11.0 Å². The van der Waals surface area contributed by atoms with Crippen molar-refractivity contribution < 1.29 is 12.9 Å². The minimum absolute atomic E-state index is 0.513. The van der Waals surface area contributed by atoms with Gasteiger partial charge in [-0.1, -0.05) is 17.3 Å². The van der Waals surface area contributed by atoms with E-state index in [-0.39, 0.29) is 0 Å². The van der Waals surface area contributed by atoms with Gasteiger partial charge in [0.1, 0.15) is 0 Å². The van der Waals surface area contributed by atoms with Crippen molar-refractivity contribution in [3.8, 4) is 0 Å². The van der Waals surface area contributed by atoms with E-state index in [1.165, 1.54) is 18.2 Å². The molecule has 0 saturated carbocycles. The molecular formula is C10H11N3O3S2. The summed E-state index contributed by atoms with van der Waals surface area (Å²) in [7, 11) is -3.28. The maximum Gasteiger partial charge on any atom is 0.229 e. The SMILES string of the molecule is CS(=O)(=O)Nc1ccccc1SCc1ncon1. The van der Waals surface area contributed by atoms with E-state index in [1.54, 1.807) is 12.1 Å². The molecule has 0 unspecified atom stereocenters. The van der Waals surface area contributed by atoms with Crippen LogP contribution >= 0.6 is 11.8 Å². The van der Waals surface area contributed by atoms with Crippen LogP contribution in [0, 0.1) is 0 Å². The minimum Gasteiger partial charge on any atom is -0.343 e. The number of hydrogen-bond acceptors (Lipinski definition) is 6. The zero-order valence-electron chi connectivity index (χ0n) is 9.53. The van der Waals surface area contributed by atoms with Crippen LogP contribution in [0.3, 0.4) is 0 Å². The molecular weight excluding hydrogens is 274 g/mol. The number of anilines is 1. The van der Waals surface area contributed by atoms with E-state index in [4.69, 9.17) is 0 Å². The van der Waals surface area contributed by atoms with Crippen LogP contribution in [0.25, 0.3) is 0 Å². The summed E-state index contributed by atoms with van der Waals surface area (Å²) in [6, 6.07) is 7.15. The molecule has 0 atom stereocenters. The van der Waals surface area contributed by atoms with E-state index in [1.807, 2.05) is 12.1 Å². The number of hydrogen-bond donors (Lipinski definition) is 1. The average molecular weight is 285 g/mol. The highest BCUT2D eigenvalue weighted by atomic mass is 32.2. The van der Waals surface area contributed by atoms with Gasteiger partial charge in [0.15, 0.2) is 5.82 Å². The van der Waals surface area contributed by atoms with Crippen LogP contribution < -0.4 is 4.72 Å². The summed E-state index contributed by atoms with van der Waals surface area (Å²) < 4.78 is 29.5. The Morgan fingerprint density at radius 3 is 2.83 bits per heavy atom. The van der Waals surface area contributed by atoms with Gasteiger partial charge in [0, 0.05) is 4.90 Å². The molecule has 96 valence electrons. The van der Waals surface area contributed by atoms with Gasteiger partial charge in [-0.15, -0.1) is 11.8 Å². The molecule has 0 aliphatic rings. The van der Waals surface area contributed by atoms with Crippen LogP contribution in [0.5, 0.6) is 0 Å². The normalized spacial score (nSPS) is 11.4. The highest BCUT2D eigenvalue weighted by Crippen LogP contribution is 2.29. The molecule has 0 fully saturated rings. The fraction of sp³-hybridized carbons (Fsp3) is 0.200. The number of aromatic nitrogens is 2. The molecule has 1 heterocycles. The number of sulfonamides is 1. The lowest BCUT2D eigenvalue weighted by Gasteiger charge is -2.08. The number of nitrogens with one attached hydrogen (secondary N) is 1. The molecule has 0 spiro atoms. The molecule has 8 heteroatoms. The molecule has 0 aliphatic carbocycles. The van der Waals surface area contributed by atoms with Crippen molar-refractivity contribution in [1.82, 2.24) is 10.1 Å². The lowest BCUT2D eigenvalue weighted by atomic mass is 10.3. The van der Waals surface area contributed by atoms with E-state index in [9.17, 15) is 8.42 Å². The first-order valence-corrected chi connectivity index (χ1v) is 7.87. The van der Waals surface area contributed by atoms with Crippen LogP contribution in [-0.4, -0.2) is 24.8 Å². The molecule has 0 bridgehead atoms. The van der Waals surface area contributed by atoms with E-state index >= 15 is 0 Å². The summed E-state index contributed by atoms with van der Waals surface area (Å²) in [5, 5.41) is 3.69. The molecule has 0 amide bonds. The highest BCUT2D eigenvalue weighted by Gasteiger charge is 2.08. The van der Waals surface area contributed by atoms with Crippen LogP contribution in [-0.2, 0) is 15.8 Å². The van der Waals surface area contributed by atoms with Gasteiger partial charge in [0.2, 0.25) is 16.4 Å². The van der Waals surface area contributed by atoms with Gasteiger partial charge in [0.25, 0.3) is 0 Å². The molecule has 2 rings (SSSR count). The Morgan fingerprint density at radius 1 is 1.39 bits per heavy atom. The lowest BCUT2D eigenvalue weighted by Crippen LogP contribution is -2.10. The Bertz CT molecular complexity index is 611. The largest absolute Gasteiger partial charge is 0.343 e. The van der Waals surface area contributed by atoms with Crippen LogP contribution in [0.15, 0.2) is 40.1 Å². The Hall–Kier alpha value is -1.54. The van der Waals surface area contributed by atoms with Crippen LogP contribution in [0.1, 0.15) is 5.82 Å². The predicted molar refractivity (Wildman–Crippen MR) is 68.8 cm³/mol. The molecule has 0 saturated heterocycles. The van der Waals surface area contributed by atoms with Gasteiger partial charge in [0.05, 0.1) is 17.7 Å². The van der Waals surface area contributed by atoms with Gasteiger partial charge < -0.3 is 4.52 Å². The van der Waals surface area contributed by atoms with E-state index < -0.39 is 10.0 Å². The first-order valence-electron chi connectivity index (χ1n) is 4.99. The standard InChI is InChI=1S/C10H11N3O3S2/c1-18(14,15)13-8-4-2-3-5-9(8)17-6-10-11-7-16-12-10/h2-5,7,13H,6H2,1H3. The third-order valence-electron chi connectivity index (χ3n) is 1.95. The topological polar surface area (TPSA) is 85.1 Å². The van der Waals surface area contributed by atoms with Gasteiger partial charge >= 0.3 is 0 Å². The molecule has 1 aromatic carbocycles. The highest BCUT2D eigenvalue weighted by molar-refractivity contribution is 7.98. The van der Waals surface area contributed by atoms with Crippen molar-refractivity contribution >= 4 is 27.5 Å². The van der Waals surface area contributed by atoms with Crippen molar-refractivity contribution in [2.45, 2.75) is 10.6 Å². The molecule has 6 nitrogen and oxygen atoms in total. The molecule has 2 aromatic rings. The first kappa shape index (κ1) is 12.9. The van der Waals surface area contributed by atoms with Gasteiger partial charge in [-0.3, -0.25) is 4.72 Å². The van der Waals surface area contributed by atoms with Crippen molar-refractivity contribution in [1.29, 1.82) is 0 Å². The number of para-hydroxylation sites is 1. The van der Waals surface area contributed by atoms with Crippen molar-refractivity contribution in [3.63, 3.8) is 0 Å². The summed E-state index contributed by atoms with van der Waals surface area (Å²) in [5.41, 5.74) is 0.550. The Balaban J connectivity index is 2.12. The van der Waals surface area contributed by atoms with Gasteiger partial charge in [-0.05, 0) is 12.1 Å². The summed E-state index contributed by atoms with van der Waals surface area (Å²) in [4.78, 5) is 4.71. The molecule has 0 radical (unpaired) electrons. The third kappa shape index (κ3) is 3.74. The molecule has 1 aromatic heterocycles. The summed E-state index contributed by atoms with van der Waals surface area (Å²) in [6.45, 7) is 0. The second-order valence-corrected chi connectivity index (χ2v) is 6.27. The lowest BCUT2D eigenvalue weighted by molar-refractivity contribution is 0.412. The Morgan fingerprint density at radius 2 is 2.17 bits per heavy atom. The smallest absolute Gasteiger partial charge is 0.229 e. The predicted octanol–water partition coefficient (Wildman–Crippen LogP) is 1.73. The van der Waals surface area contributed by atoms with Crippen LogP contribution in [0.4, 0.5) is 5.69 Å². The van der Waals surface area contributed by atoms with Crippen LogP contribution in [0.2, 0.25) is 0 Å². The average Bonchev–Trinajstić information content (AvgIpc) is 2.79. The quantitative estimate of drug-likeness (QED) is 0.842. The molecule has 1 N–H and O–H groups in total. The summed E-state index contributed by atoms with van der Waals surface area (Å²) in [5.74, 6) is 1.08. The molecule has 18 heavy (non-hydrogen) atoms. The molecule has 0 aliphatic heterocycles. The number of nitrogens with zero attached hydrogens (tertiary/aromatic N) is 2. The number of thioether (sulfide) groups is 1. The zero-order valence-corrected chi connectivity index (χ0v) is 11.2. The second-order valence-electron chi connectivity index (χ2n) is 3.51. The third-order valence-corrected chi connectivity index (χ3v) is 3.61. The maximum absolute atomic E-state index is 11.2. The first-order chi connectivity index (χ1) is 8.54. The van der Waals surface area contributed by atoms with Crippen molar-refractivity contribution in [2.24, 2.45) is 0 Å². The maximum atomic E-state index is 11.2. The fourth-order valence-electron chi connectivity index (χ4n) is 1.27. The Kier molecular flexibility index (Phi) is 3.87. The zero-order chi connectivity index (χ0) is 13.0. The van der Waals surface area contributed by atoms with E-state index in [2.05, 4.69) is 19.4 Å².